The molecule has 3 N–H and O–H groups in total. The molecule has 0 bridgehead atoms. The largest absolute Gasteiger partial charge is 0.444 e. The first-order valence-corrected chi connectivity index (χ1v) is 5.76. The van der Waals surface area contributed by atoms with Crippen LogP contribution in [0.1, 0.15) is 20.8 Å². The van der Waals surface area contributed by atoms with Crippen molar-refractivity contribution in [2.24, 2.45) is 0 Å². The Bertz CT molecular complexity index is 436. The number of rotatable bonds is 2. The zero-order chi connectivity index (χ0) is 13.9. The third-order valence-electron chi connectivity index (χ3n) is 2.16. The normalized spacial score (nSPS) is 10.9. The maximum atomic E-state index is 11.6. The number of hydrogen-bond donors (Lipinski definition) is 2. The molecule has 0 spiro atoms. The van der Waals surface area contributed by atoms with Gasteiger partial charge in [-0.05, 0) is 39.0 Å². The predicted octanol–water partition coefficient (Wildman–Crippen LogP) is 2.68. The van der Waals surface area contributed by atoms with Crippen molar-refractivity contribution < 1.29 is 9.53 Å². The van der Waals surface area contributed by atoms with E-state index < -0.39 is 11.7 Å². The Morgan fingerprint density at radius 3 is 2.44 bits per heavy atom. The summed E-state index contributed by atoms with van der Waals surface area (Å²) in [5.41, 5.74) is 7.49. The highest BCUT2D eigenvalue weighted by atomic mass is 16.6. The van der Waals surface area contributed by atoms with Crippen LogP contribution in [0.25, 0.3) is 0 Å². The lowest BCUT2D eigenvalue weighted by molar-refractivity contribution is 0.0636. The van der Waals surface area contributed by atoms with Gasteiger partial charge in [-0.15, -0.1) is 0 Å². The van der Waals surface area contributed by atoms with Crippen LogP contribution >= 0.6 is 0 Å². The Hall–Kier alpha value is -1.91. The van der Waals surface area contributed by atoms with Gasteiger partial charge in [0, 0.05) is 19.8 Å². The number of nitrogens with zero attached hydrogens (tertiary/aromatic N) is 1. The lowest BCUT2D eigenvalue weighted by Gasteiger charge is -2.20. The van der Waals surface area contributed by atoms with E-state index in [2.05, 4.69) is 5.32 Å². The second-order valence-corrected chi connectivity index (χ2v) is 5.29. The number of nitrogen functional groups attached to an aromatic ring is 1. The number of ether oxygens (including phenoxy) is 1. The highest BCUT2D eigenvalue weighted by Crippen LogP contribution is 2.25. The highest BCUT2D eigenvalue weighted by molar-refractivity contribution is 5.87. The molecule has 5 heteroatoms. The van der Waals surface area contributed by atoms with Crippen LogP contribution < -0.4 is 16.0 Å². The van der Waals surface area contributed by atoms with E-state index in [0.717, 1.165) is 5.69 Å². The minimum absolute atomic E-state index is 0.475. The standard InChI is InChI=1S/C13H21N3O2/c1-13(2,3)18-12(17)15-9-6-7-10(14)11(8-9)16(4)5/h6-8H,14H2,1-5H3,(H,15,17). The predicted molar refractivity (Wildman–Crippen MR) is 75.0 cm³/mol. The number of carbonyl (C=O) groups excluding carboxylic acids is 1. The molecule has 100 valence electrons. The molecule has 1 aromatic carbocycles. The minimum Gasteiger partial charge on any atom is -0.444 e. The average Bonchev–Trinajstić information content (AvgIpc) is 2.17. The van der Waals surface area contributed by atoms with Gasteiger partial charge >= 0.3 is 6.09 Å². The molecule has 18 heavy (non-hydrogen) atoms. The first-order chi connectivity index (χ1) is 8.19. The van der Waals surface area contributed by atoms with Crippen LogP contribution in [0.3, 0.4) is 0 Å². The van der Waals surface area contributed by atoms with Gasteiger partial charge < -0.3 is 15.4 Å². The summed E-state index contributed by atoms with van der Waals surface area (Å²) < 4.78 is 5.18. The second kappa shape index (κ2) is 5.16. The van der Waals surface area contributed by atoms with Gasteiger partial charge in [0.1, 0.15) is 5.60 Å². The monoisotopic (exact) mass is 251 g/mol. The molecule has 1 aromatic rings. The van der Waals surface area contributed by atoms with E-state index in [4.69, 9.17) is 10.5 Å². The van der Waals surface area contributed by atoms with Crippen LogP contribution in [0.4, 0.5) is 21.9 Å². The number of hydrogen-bond acceptors (Lipinski definition) is 4. The van der Waals surface area contributed by atoms with Crippen molar-refractivity contribution in [1.29, 1.82) is 0 Å². The highest BCUT2D eigenvalue weighted by Gasteiger charge is 2.16. The molecule has 5 nitrogen and oxygen atoms in total. The van der Waals surface area contributed by atoms with E-state index in [0.29, 0.717) is 11.4 Å². The summed E-state index contributed by atoms with van der Waals surface area (Å²) in [6.07, 6.45) is -0.475. The Kier molecular flexibility index (Phi) is 4.06. The van der Waals surface area contributed by atoms with Gasteiger partial charge in [0.05, 0.1) is 11.4 Å². The van der Waals surface area contributed by atoms with Crippen molar-refractivity contribution in [2.75, 3.05) is 30.0 Å². The van der Waals surface area contributed by atoms with Crippen LogP contribution in [-0.2, 0) is 4.74 Å². The topological polar surface area (TPSA) is 67.6 Å². The van der Waals surface area contributed by atoms with Gasteiger partial charge in [0.25, 0.3) is 0 Å². The van der Waals surface area contributed by atoms with Gasteiger partial charge in [0.2, 0.25) is 0 Å². The van der Waals surface area contributed by atoms with Crippen molar-refractivity contribution in [2.45, 2.75) is 26.4 Å². The smallest absolute Gasteiger partial charge is 0.412 e. The molecule has 0 radical (unpaired) electrons. The van der Waals surface area contributed by atoms with Crippen molar-refractivity contribution in [3.63, 3.8) is 0 Å². The minimum atomic E-state index is -0.512. The van der Waals surface area contributed by atoms with Gasteiger partial charge in [-0.25, -0.2) is 4.79 Å². The Morgan fingerprint density at radius 2 is 1.94 bits per heavy atom. The molecule has 0 aliphatic heterocycles. The van der Waals surface area contributed by atoms with Gasteiger partial charge in [-0.2, -0.15) is 0 Å². The van der Waals surface area contributed by atoms with Crippen molar-refractivity contribution in [3.05, 3.63) is 18.2 Å². The zero-order valence-corrected chi connectivity index (χ0v) is 11.6. The first-order valence-electron chi connectivity index (χ1n) is 5.76. The molecule has 1 amide bonds. The summed E-state index contributed by atoms with van der Waals surface area (Å²) in [5, 5.41) is 2.68. The maximum Gasteiger partial charge on any atom is 0.412 e. The molecule has 0 heterocycles. The number of carbonyl (C=O) groups is 1. The SMILES string of the molecule is CN(C)c1cc(NC(=O)OC(C)(C)C)ccc1N. The molecule has 0 saturated carbocycles. The molecule has 0 atom stereocenters. The van der Waals surface area contributed by atoms with Gasteiger partial charge in [-0.1, -0.05) is 0 Å². The fourth-order valence-electron chi connectivity index (χ4n) is 1.43. The molecular formula is C13H21N3O2. The lowest BCUT2D eigenvalue weighted by Crippen LogP contribution is -2.27. The number of benzene rings is 1. The van der Waals surface area contributed by atoms with Crippen molar-refractivity contribution in [3.8, 4) is 0 Å². The average molecular weight is 251 g/mol. The fourth-order valence-corrected chi connectivity index (χ4v) is 1.43. The summed E-state index contributed by atoms with van der Waals surface area (Å²) in [6, 6.07) is 5.30. The van der Waals surface area contributed by atoms with E-state index in [1.54, 1.807) is 18.2 Å². The molecular weight excluding hydrogens is 230 g/mol. The van der Waals surface area contributed by atoms with E-state index in [1.165, 1.54) is 0 Å². The van der Waals surface area contributed by atoms with Gasteiger partial charge in [-0.3, -0.25) is 5.32 Å². The summed E-state index contributed by atoms with van der Waals surface area (Å²) in [7, 11) is 3.78. The molecule has 0 saturated heterocycles. The Balaban J connectivity index is 2.80. The number of anilines is 3. The van der Waals surface area contributed by atoms with Crippen LogP contribution in [0.15, 0.2) is 18.2 Å². The third-order valence-corrected chi connectivity index (χ3v) is 2.16. The second-order valence-electron chi connectivity index (χ2n) is 5.29. The van der Waals surface area contributed by atoms with E-state index in [-0.39, 0.29) is 0 Å². The third kappa shape index (κ3) is 4.16. The number of amides is 1. The van der Waals surface area contributed by atoms with Gasteiger partial charge in [0.15, 0.2) is 0 Å². The van der Waals surface area contributed by atoms with Crippen LogP contribution in [0.5, 0.6) is 0 Å². The number of nitrogens with two attached hydrogens (primary N) is 1. The van der Waals surface area contributed by atoms with Crippen LogP contribution in [0, 0.1) is 0 Å². The number of nitrogens with one attached hydrogen (secondary N) is 1. The van der Waals surface area contributed by atoms with Crippen LogP contribution in [-0.4, -0.2) is 25.8 Å². The molecule has 1 rings (SSSR count). The van der Waals surface area contributed by atoms with Crippen molar-refractivity contribution >= 4 is 23.2 Å². The maximum absolute atomic E-state index is 11.6. The molecule has 0 aromatic heterocycles. The van der Waals surface area contributed by atoms with E-state index in [9.17, 15) is 4.79 Å². The fraction of sp³-hybridized carbons (Fsp3) is 0.462. The summed E-state index contributed by atoms with van der Waals surface area (Å²) in [6.45, 7) is 5.46. The van der Waals surface area contributed by atoms with E-state index in [1.807, 2.05) is 39.8 Å². The summed E-state index contributed by atoms with van der Waals surface area (Å²) >= 11 is 0. The Labute approximate surface area is 108 Å². The summed E-state index contributed by atoms with van der Waals surface area (Å²) in [4.78, 5) is 13.5. The summed E-state index contributed by atoms with van der Waals surface area (Å²) in [5.74, 6) is 0. The van der Waals surface area contributed by atoms with Crippen LogP contribution in [0.2, 0.25) is 0 Å². The Morgan fingerprint density at radius 1 is 1.33 bits per heavy atom. The zero-order valence-electron chi connectivity index (χ0n) is 11.6. The molecule has 0 fully saturated rings. The molecule has 0 unspecified atom stereocenters. The van der Waals surface area contributed by atoms with E-state index >= 15 is 0 Å². The quantitative estimate of drug-likeness (QED) is 0.793. The first kappa shape index (κ1) is 14.2. The lowest BCUT2D eigenvalue weighted by atomic mass is 10.2. The van der Waals surface area contributed by atoms with Crippen molar-refractivity contribution in [1.82, 2.24) is 0 Å². The molecule has 0 aliphatic carbocycles. The molecule has 0 aliphatic rings.